The summed E-state index contributed by atoms with van der Waals surface area (Å²) in [6.45, 7) is 3.22. The number of carbonyl (C=O) groups excluding carboxylic acids is 1. The van der Waals surface area contributed by atoms with E-state index in [4.69, 9.17) is 9.84 Å². The molecule has 2 aliphatic rings. The first-order valence-corrected chi connectivity index (χ1v) is 14.0. The first-order chi connectivity index (χ1) is 19.2. The van der Waals surface area contributed by atoms with Gasteiger partial charge in [-0.25, -0.2) is 0 Å². The summed E-state index contributed by atoms with van der Waals surface area (Å²) in [6, 6.07) is 18.7. The topological polar surface area (TPSA) is 79.6 Å². The molecule has 1 aliphatic carbocycles. The monoisotopic (exact) mass is 524 g/mol. The number of hydrogen-bond donors (Lipinski definition) is 2. The van der Waals surface area contributed by atoms with Crippen molar-refractivity contribution in [2.45, 2.75) is 58.3 Å². The molecule has 39 heavy (non-hydrogen) atoms. The summed E-state index contributed by atoms with van der Waals surface area (Å²) in [5.74, 6) is 0.837. The number of ether oxygens (including phenoxy) is 1. The van der Waals surface area contributed by atoms with Crippen LogP contribution in [0, 0.1) is 0 Å². The van der Waals surface area contributed by atoms with E-state index >= 15 is 0 Å². The van der Waals surface area contributed by atoms with Crippen LogP contribution in [-0.2, 0) is 45.4 Å². The second-order valence-corrected chi connectivity index (χ2v) is 10.6. The Kier molecular flexibility index (Phi) is 7.35. The molecule has 0 radical (unpaired) electrons. The maximum atomic E-state index is 13.5. The van der Waals surface area contributed by atoms with Crippen molar-refractivity contribution < 1.29 is 14.6 Å². The molecule has 0 fully saturated rings. The first-order valence-electron chi connectivity index (χ1n) is 14.0. The van der Waals surface area contributed by atoms with Crippen LogP contribution in [-0.4, -0.2) is 46.0 Å². The van der Waals surface area contributed by atoms with Gasteiger partial charge in [-0.3, -0.25) is 14.4 Å². The smallest absolute Gasteiger partial charge is 0.272 e. The predicted octanol–water partition coefficient (Wildman–Crippen LogP) is 4.40. The third kappa shape index (κ3) is 5.04. The van der Waals surface area contributed by atoms with Crippen LogP contribution in [0.2, 0.25) is 0 Å². The summed E-state index contributed by atoms with van der Waals surface area (Å²) in [5, 5.41) is 19.8. The lowest BCUT2D eigenvalue weighted by atomic mass is 9.87. The van der Waals surface area contributed by atoms with Gasteiger partial charge in [0.2, 0.25) is 0 Å². The minimum absolute atomic E-state index is 0.00706. The molecule has 0 atom stereocenters. The Labute approximate surface area is 229 Å². The van der Waals surface area contributed by atoms with Crippen molar-refractivity contribution in [3.63, 3.8) is 0 Å². The normalized spacial score (nSPS) is 15.1. The predicted molar refractivity (Wildman–Crippen MR) is 152 cm³/mol. The first kappa shape index (κ1) is 25.6. The molecular weight excluding hydrogens is 488 g/mol. The molecule has 1 aliphatic heterocycles. The number of aliphatic hydroxyl groups excluding tert-OH is 1. The quantitative estimate of drug-likeness (QED) is 0.357. The van der Waals surface area contributed by atoms with Gasteiger partial charge in [-0.15, -0.1) is 0 Å². The zero-order chi connectivity index (χ0) is 26.8. The van der Waals surface area contributed by atoms with Crippen molar-refractivity contribution >= 4 is 16.7 Å². The van der Waals surface area contributed by atoms with Crippen LogP contribution in [0.4, 0.5) is 0 Å². The van der Waals surface area contributed by atoms with Crippen LogP contribution in [0.3, 0.4) is 0 Å². The number of benzene rings is 3. The van der Waals surface area contributed by atoms with E-state index in [9.17, 15) is 9.90 Å². The molecule has 0 saturated carbocycles. The van der Waals surface area contributed by atoms with Crippen molar-refractivity contribution in [3.05, 3.63) is 93.8 Å². The van der Waals surface area contributed by atoms with Gasteiger partial charge in [-0.2, -0.15) is 5.10 Å². The molecule has 0 spiro atoms. The minimum Gasteiger partial charge on any atom is -0.496 e. The molecule has 0 bridgehead atoms. The number of hydrogen-bond acceptors (Lipinski definition) is 5. The highest BCUT2D eigenvalue weighted by Gasteiger charge is 2.29. The summed E-state index contributed by atoms with van der Waals surface area (Å²) in [4.78, 5) is 15.9. The average Bonchev–Trinajstić information content (AvgIpc) is 3.34. The van der Waals surface area contributed by atoms with Crippen molar-refractivity contribution in [2.75, 3.05) is 20.3 Å². The van der Waals surface area contributed by atoms with Gasteiger partial charge in [-0.05, 0) is 64.8 Å². The molecule has 1 aromatic heterocycles. The van der Waals surface area contributed by atoms with E-state index in [-0.39, 0.29) is 12.5 Å². The number of nitrogens with one attached hydrogen (secondary N) is 1. The number of carbonyl (C=O) groups is 1. The molecule has 0 saturated heterocycles. The Morgan fingerprint density at radius 3 is 2.64 bits per heavy atom. The van der Waals surface area contributed by atoms with Gasteiger partial charge in [0.25, 0.3) is 5.91 Å². The number of methoxy groups -OCH3 is 1. The third-order valence-corrected chi connectivity index (χ3v) is 8.26. The van der Waals surface area contributed by atoms with Gasteiger partial charge >= 0.3 is 0 Å². The summed E-state index contributed by atoms with van der Waals surface area (Å²) in [7, 11) is 1.76. The van der Waals surface area contributed by atoms with Gasteiger partial charge in [0.05, 0.1) is 20.3 Å². The number of aromatic nitrogens is 2. The van der Waals surface area contributed by atoms with Crippen LogP contribution in [0.15, 0.2) is 54.6 Å². The molecule has 6 rings (SSSR count). The SMILES string of the molecule is COc1ccc(CN2CCc3c(c(C(=O)NCc4cccc5ccccc45)nn3CCO)C2)c2c1CCCC2. The molecule has 7 heteroatoms. The molecule has 3 aromatic carbocycles. The van der Waals surface area contributed by atoms with Crippen molar-refractivity contribution in [3.8, 4) is 5.75 Å². The molecule has 4 aromatic rings. The maximum absolute atomic E-state index is 13.5. The van der Waals surface area contributed by atoms with Crippen LogP contribution in [0.1, 0.15) is 56.8 Å². The highest BCUT2D eigenvalue weighted by Crippen LogP contribution is 2.34. The standard InChI is InChI=1S/C32H36N4O3/c1-39-30-14-13-24(26-11-4-5-12-27(26)30)20-35-16-15-29-28(21-35)31(34-36(29)17-18-37)32(38)33-19-23-9-6-8-22-7-2-3-10-25(22)23/h2-3,6-10,13-14,37H,4-5,11-12,15-21H2,1H3,(H,33,38). The zero-order valence-electron chi connectivity index (χ0n) is 22.6. The zero-order valence-corrected chi connectivity index (χ0v) is 22.6. The average molecular weight is 525 g/mol. The lowest BCUT2D eigenvalue weighted by molar-refractivity contribution is 0.0942. The van der Waals surface area contributed by atoms with Crippen molar-refractivity contribution in [2.24, 2.45) is 0 Å². The fourth-order valence-corrected chi connectivity index (χ4v) is 6.34. The highest BCUT2D eigenvalue weighted by atomic mass is 16.5. The van der Waals surface area contributed by atoms with E-state index < -0.39 is 0 Å². The number of amides is 1. The summed E-state index contributed by atoms with van der Waals surface area (Å²) in [5.41, 5.74) is 7.76. The van der Waals surface area contributed by atoms with Crippen LogP contribution in [0.25, 0.3) is 10.8 Å². The Bertz CT molecular complexity index is 1500. The fraction of sp³-hybridized carbons (Fsp3) is 0.375. The molecule has 202 valence electrons. The van der Waals surface area contributed by atoms with Crippen LogP contribution in [0.5, 0.6) is 5.75 Å². The number of aliphatic hydroxyl groups is 1. The second-order valence-electron chi connectivity index (χ2n) is 10.6. The Hall–Kier alpha value is -3.68. The van der Waals surface area contributed by atoms with Gasteiger partial charge in [0, 0.05) is 43.9 Å². The molecule has 0 unspecified atom stereocenters. The van der Waals surface area contributed by atoms with Gasteiger partial charge in [0.1, 0.15) is 5.75 Å². The van der Waals surface area contributed by atoms with Crippen LogP contribution >= 0.6 is 0 Å². The lowest BCUT2D eigenvalue weighted by Crippen LogP contribution is -2.33. The number of fused-ring (bicyclic) bond motifs is 3. The van der Waals surface area contributed by atoms with E-state index in [0.29, 0.717) is 25.3 Å². The highest BCUT2D eigenvalue weighted by molar-refractivity contribution is 5.94. The van der Waals surface area contributed by atoms with Gasteiger partial charge in [-0.1, -0.05) is 48.5 Å². The van der Waals surface area contributed by atoms with E-state index in [0.717, 1.165) is 65.7 Å². The van der Waals surface area contributed by atoms with Crippen molar-refractivity contribution in [1.82, 2.24) is 20.0 Å². The van der Waals surface area contributed by atoms with E-state index in [1.54, 1.807) is 7.11 Å². The third-order valence-electron chi connectivity index (χ3n) is 8.26. The molecule has 2 N–H and O–H groups in total. The largest absolute Gasteiger partial charge is 0.496 e. The lowest BCUT2D eigenvalue weighted by Gasteiger charge is -2.30. The molecule has 7 nitrogen and oxygen atoms in total. The fourth-order valence-electron chi connectivity index (χ4n) is 6.34. The summed E-state index contributed by atoms with van der Waals surface area (Å²) < 4.78 is 7.49. The van der Waals surface area contributed by atoms with E-state index in [2.05, 4.69) is 46.6 Å². The van der Waals surface area contributed by atoms with Gasteiger partial charge in [0.15, 0.2) is 5.69 Å². The molecular formula is C32H36N4O3. The Morgan fingerprint density at radius 1 is 0.974 bits per heavy atom. The minimum atomic E-state index is -0.167. The van der Waals surface area contributed by atoms with Gasteiger partial charge < -0.3 is 15.2 Å². The number of nitrogens with zero attached hydrogens (tertiary/aromatic N) is 3. The molecule has 1 amide bonds. The number of rotatable bonds is 8. The van der Waals surface area contributed by atoms with E-state index in [1.165, 1.54) is 29.5 Å². The summed E-state index contributed by atoms with van der Waals surface area (Å²) >= 11 is 0. The van der Waals surface area contributed by atoms with E-state index in [1.807, 2.05) is 22.9 Å². The Balaban J connectivity index is 1.23. The van der Waals surface area contributed by atoms with Crippen LogP contribution < -0.4 is 10.1 Å². The molecule has 2 heterocycles. The van der Waals surface area contributed by atoms with Crippen molar-refractivity contribution in [1.29, 1.82) is 0 Å². The second kappa shape index (κ2) is 11.2. The Morgan fingerprint density at radius 2 is 1.79 bits per heavy atom. The summed E-state index contributed by atoms with van der Waals surface area (Å²) in [6.07, 6.45) is 5.40. The maximum Gasteiger partial charge on any atom is 0.272 e.